The minimum Gasteiger partial charge on any atom is -0.454 e. The van der Waals surface area contributed by atoms with Crippen molar-refractivity contribution in [2.24, 2.45) is 0 Å². The molecule has 0 saturated carbocycles. The van der Waals surface area contributed by atoms with E-state index in [-0.39, 0.29) is 0 Å². The third-order valence-electron chi connectivity index (χ3n) is 3.40. The van der Waals surface area contributed by atoms with Crippen LogP contribution in [0.3, 0.4) is 0 Å². The van der Waals surface area contributed by atoms with E-state index in [1.807, 2.05) is 39.1 Å². The monoisotopic (exact) mass is 246 g/mol. The molecule has 4 heteroatoms. The number of nitriles is 1. The second-order valence-corrected chi connectivity index (χ2v) is 5.03. The molecule has 0 aromatic heterocycles. The lowest BCUT2D eigenvalue weighted by molar-refractivity contribution is 0.174. The van der Waals surface area contributed by atoms with Crippen molar-refractivity contribution >= 4 is 0 Å². The summed E-state index contributed by atoms with van der Waals surface area (Å²) in [5, 5.41) is 9.06. The molecule has 1 aliphatic heterocycles. The molecule has 96 valence electrons. The smallest absolute Gasteiger partial charge is 0.231 e. The first-order valence-corrected chi connectivity index (χ1v) is 6.04. The van der Waals surface area contributed by atoms with Crippen molar-refractivity contribution in [1.82, 2.24) is 4.90 Å². The molecule has 18 heavy (non-hydrogen) atoms. The largest absolute Gasteiger partial charge is 0.454 e. The maximum atomic E-state index is 9.06. The van der Waals surface area contributed by atoms with Crippen LogP contribution < -0.4 is 9.47 Å². The van der Waals surface area contributed by atoms with E-state index in [0.717, 1.165) is 24.5 Å². The predicted molar refractivity (Wildman–Crippen MR) is 68.6 cm³/mol. The Bertz CT molecular complexity index is 477. The molecule has 0 unspecified atom stereocenters. The number of fused-ring (bicyclic) bond motifs is 1. The molecule has 0 aliphatic carbocycles. The lowest BCUT2D eigenvalue weighted by atomic mass is 10.0. The fourth-order valence-electron chi connectivity index (χ4n) is 1.76. The predicted octanol–water partition coefficient (Wildman–Crippen LogP) is 2.19. The standard InChI is InChI=1S/C14H18N2O2/c1-14(2,9-15)16(3)7-6-11-4-5-12-13(8-11)18-10-17-12/h4-5,8H,6-7,10H2,1-3H3. The van der Waals surface area contributed by atoms with Gasteiger partial charge in [0.25, 0.3) is 0 Å². The zero-order valence-corrected chi connectivity index (χ0v) is 11.1. The van der Waals surface area contributed by atoms with E-state index >= 15 is 0 Å². The van der Waals surface area contributed by atoms with Crippen molar-refractivity contribution in [3.63, 3.8) is 0 Å². The van der Waals surface area contributed by atoms with Crippen LogP contribution in [0.4, 0.5) is 0 Å². The van der Waals surface area contributed by atoms with Gasteiger partial charge in [-0.05, 0) is 45.0 Å². The van der Waals surface area contributed by atoms with Gasteiger partial charge in [0.2, 0.25) is 6.79 Å². The van der Waals surface area contributed by atoms with Gasteiger partial charge in [-0.3, -0.25) is 4.90 Å². The second kappa shape index (κ2) is 4.87. The molecule has 1 aromatic rings. The summed E-state index contributed by atoms with van der Waals surface area (Å²) in [5.74, 6) is 1.62. The fourth-order valence-corrected chi connectivity index (χ4v) is 1.76. The van der Waals surface area contributed by atoms with E-state index < -0.39 is 5.54 Å². The van der Waals surface area contributed by atoms with Crippen LogP contribution in [0, 0.1) is 11.3 Å². The first-order valence-electron chi connectivity index (χ1n) is 6.04. The molecule has 0 atom stereocenters. The van der Waals surface area contributed by atoms with Crippen molar-refractivity contribution in [2.45, 2.75) is 25.8 Å². The highest BCUT2D eigenvalue weighted by Crippen LogP contribution is 2.32. The van der Waals surface area contributed by atoms with Gasteiger partial charge in [-0.2, -0.15) is 5.26 Å². The molecular formula is C14H18N2O2. The van der Waals surface area contributed by atoms with Gasteiger partial charge in [-0.1, -0.05) is 6.07 Å². The van der Waals surface area contributed by atoms with Crippen LogP contribution >= 0.6 is 0 Å². The van der Waals surface area contributed by atoms with Crippen LogP contribution in [0.5, 0.6) is 11.5 Å². The molecule has 0 saturated heterocycles. The molecular weight excluding hydrogens is 228 g/mol. The van der Waals surface area contributed by atoms with Gasteiger partial charge >= 0.3 is 0 Å². The fraction of sp³-hybridized carbons (Fsp3) is 0.500. The minimum atomic E-state index is -0.434. The summed E-state index contributed by atoms with van der Waals surface area (Å²) in [6.07, 6.45) is 0.887. The van der Waals surface area contributed by atoms with Crippen LogP contribution in [0.1, 0.15) is 19.4 Å². The Kier molecular flexibility index (Phi) is 3.44. The highest BCUT2D eigenvalue weighted by molar-refractivity contribution is 5.44. The topological polar surface area (TPSA) is 45.5 Å². The van der Waals surface area contributed by atoms with Crippen LogP contribution in [-0.2, 0) is 6.42 Å². The SMILES string of the molecule is CN(CCc1ccc2c(c1)OCO2)C(C)(C)C#N. The first kappa shape index (κ1) is 12.7. The van der Waals surface area contributed by atoms with Crippen LogP contribution in [-0.4, -0.2) is 30.8 Å². The zero-order valence-electron chi connectivity index (χ0n) is 11.1. The lowest BCUT2D eigenvalue weighted by Gasteiger charge is -2.28. The van der Waals surface area contributed by atoms with Crippen LogP contribution in [0.15, 0.2) is 18.2 Å². The van der Waals surface area contributed by atoms with Gasteiger partial charge < -0.3 is 9.47 Å². The van der Waals surface area contributed by atoms with E-state index in [9.17, 15) is 0 Å². The van der Waals surface area contributed by atoms with Crippen LogP contribution in [0.2, 0.25) is 0 Å². The van der Waals surface area contributed by atoms with E-state index in [1.54, 1.807) is 0 Å². The summed E-state index contributed by atoms with van der Waals surface area (Å²) in [6.45, 7) is 4.99. The quantitative estimate of drug-likeness (QED) is 0.817. The average Bonchev–Trinajstić information content (AvgIpc) is 2.83. The van der Waals surface area contributed by atoms with Crippen molar-refractivity contribution in [2.75, 3.05) is 20.4 Å². The summed E-state index contributed by atoms with van der Waals surface area (Å²) in [4.78, 5) is 2.05. The van der Waals surface area contributed by atoms with Crippen molar-refractivity contribution in [3.05, 3.63) is 23.8 Å². The van der Waals surface area contributed by atoms with Crippen molar-refractivity contribution in [1.29, 1.82) is 5.26 Å². The maximum absolute atomic E-state index is 9.06. The molecule has 0 spiro atoms. The number of likely N-dealkylation sites (N-methyl/N-ethyl adjacent to an activating group) is 1. The molecule has 1 aliphatic rings. The Morgan fingerprint density at radius 2 is 2.06 bits per heavy atom. The van der Waals surface area contributed by atoms with Gasteiger partial charge in [0.05, 0.1) is 6.07 Å². The number of hydrogen-bond acceptors (Lipinski definition) is 4. The minimum absolute atomic E-state index is 0.306. The molecule has 0 N–H and O–H groups in total. The Morgan fingerprint density at radius 1 is 1.33 bits per heavy atom. The number of ether oxygens (including phenoxy) is 2. The van der Waals surface area contributed by atoms with Crippen molar-refractivity contribution < 1.29 is 9.47 Å². The molecule has 0 fully saturated rings. The zero-order chi connectivity index (χ0) is 13.2. The Morgan fingerprint density at radius 3 is 2.78 bits per heavy atom. The summed E-state index contributed by atoms with van der Waals surface area (Å²) < 4.78 is 10.6. The Labute approximate surface area is 108 Å². The number of nitrogens with zero attached hydrogens (tertiary/aromatic N) is 2. The maximum Gasteiger partial charge on any atom is 0.231 e. The molecule has 1 heterocycles. The molecule has 0 bridgehead atoms. The summed E-state index contributed by atoms with van der Waals surface area (Å²) in [6, 6.07) is 8.29. The van der Waals surface area contributed by atoms with Gasteiger partial charge in [-0.25, -0.2) is 0 Å². The van der Waals surface area contributed by atoms with Gasteiger partial charge in [-0.15, -0.1) is 0 Å². The number of benzene rings is 1. The third-order valence-corrected chi connectivity index (χ3v) is 3.40. The summed E-state index contributed by atoms with van der Waals surface area (Å²) in [5.41, 5.74) is 0.760. The van der Waals surface area contributed by atoms with E-state index in [1.165, 1.54) is 5.56 Å². The highest BCUT2D eigenvalue weighted by Gasteiger charge is 2.22. The second-order valence-electron chi connectivity index (χ2n) is 5.03. The molecule has 0 amide bonds. The average molecular weight is 246 g/mol. The Hall–Kier alpha value is -1.73. The van der Waals surface area contributed by atoms with Crippen LogP contribution in [0.25, 0.3) is 0 Å². The van der Waals surface area contributed by atoms with E-state index in [2.05, 4.69) is 11.0 Å². The lowest BCUT2D eigenvalue weighted by Crippen LogP contribution is -2.40. The summed E-state index contributed by atoms with van der Waals surface area (Å²) in [7, 11) is 1.97. The van der Waals surface area contributed by atoms with Gasteiger partial charge in [0, 0.05) is 6.54 Å². The van der Waals surface area contributed by atoms with Gasteiger partial charge in [0.1, 0.15) is 5.54 Å². The molecule has 2 rings (SSSR count). The summed E-state index contributed by atoms with van der Waals surface area (Å²) >= 11 is 0. The first-order chi connectivity index (χ1) is 8.53. The Balaban J connectivity index is 1.97. The molecule has 0 radical (unpaired) electrons. The highest BCUT2D eigenvalue weighted by atomic mass is 16.7. The molecule has 1 aromatic carbocycles. The van der Waals surface area contributed by atoms with Gasteiger partial charge in [0.15, 0.2) is 11.5 Å². The van der Waals surface area contributed by atoms with Crippen molar-refractivity contribution in [3.8, 4) is 17.6 Å². The normalized spacial score (nSPS) is 13.7. The number of rotatable bonds is 4. The number of hydrogen-bond donors (Lipinski definition) is 0. The third kappa shape index (κ3) is 2.57. The molecule has 4 nitrogen and oxygen atoms in total. The van der Waals surface area contributed by atoms with E-state index in [0.29, 0.717) is 6.79 Å². The van der Waals surface area contributed by atoms with E-state index in [4.69, 9.17) is 14.7 Å².